The van der Waals surface area contributed by atoms with Gasteiger partial charge in [0.05, 0.1) is 6.10 Å². The summed E-state index contributed by atoms with van der Waals surface area (Å²) in [6, 6.07) is 6.28. The van der Waals surface area contributed by atoms with E-state index in [-0.39, 0.29) is 11.8 Å². The fourth-order valence-electron chi connectivity index (χ4n) is 3.65. The highest BCUT2D eigenvalue weighted by atomic mass is 16.5. The fourth-order valence-corrected chi connectivity index (χ4v) is 3.65. The highest BCUT2D eigenvalue weighted by molar-refractivity contribution is 5.79. The number of guanidine groups is 1. The van der Waals surface area contributed by atoms with Crippen molar-refractivity contribution in [2.24, 2.45) is 4.99 Å². The van der Waals surface area contributed by atoms with E-state index >= 15 is 0 Å². The lowest BCUT2D eigenvalue weighted by molar-refractivity contribution is 0.215. The van der Waals surface area contributed by atoms with Crippen molar-refractivity contribution in [3.63, 3.8) is 0 Å². The first kappa shape index (κ1) is 22.9. The Morgan fingerprint density at radius 2 is 2.16 bits per heavy atom. The molecule has 1 aliphatic rings. The Kier molecular flexibility index (Phi) is 8.14. The second kappa shape index (κ2) is 11.0. The van der Waals surface area contributed by atoms with Crippen LogP contribution < -0.4 is 21.1 Å². The van der Waals surface area contributed by atoms with Crippen molar-refractivity contribution in [1.29, 1.82) is 0 Å². The smallest absolute Gasteiger partial charge is 0.345 e. The third kappa shape index (κ3) is 6.12. The van der Waals surface area contributed by atoms with Crippen molar-refractivity contribution in [1.82, 2.24) is 25.0 Å². The molecule has 3 rings (SSSR count). The molecule has 170 valence electrons. The molecule has 0 amide bonds. The van der Waals surface area contributed by atoms with Crippen LogP contribution in [-0.2, 0) is 26.1 Å². The first-order valence-corrected chi connectivity index (χ1v) is 11.4. The number of nitrogens with one attached hydrogen (secondary N) is 2. The van der Waals surface area contributed by atoms with E-state index in [0.29, 0.717) is 19.6 Å². The van der Waals surface area contributed by atoms with E-state index in [1.54, 1.807) is 11.7 Å². The molecule has 1 unspecified atom stereocenters. The Balaban J connectivity index is 1.48. The molecule has 0 radical (unpaired) electrons. The summed E-state index contributed by atoms with van der Waals surface area (Å²) < 4.78 is 9.51. The first-order chi connectivity index (χ1) is 15.0. The van der Waals surface area contributed by atoms with E-state index in [1.165, 1.54) is 5.56 Å². The summed E-state index contributed by atoms with van der Waals surface area (Å²) in [5.41, 5.74) is 2.30. The zero-order valence-corrected chi connectivity index (χ0v) is 19.3. The molecule has 2 N–H and O–H groups in total. The Labute approximate surface area is 184 Å². The van der Waals surface area contributed by atoms with Gasteiger partial charge in [0.25, 0.3) is 0 Å². The lowest BCUT2D eigenvalue weighted by Gasteiger charge is -2.18. The largest absolute Gasteiger partial charge is 0.490 e. The van der Waals surface area contributed by atoms with Crippen molar-refractivity contribution < 1.29 is 4.74 Å². The molecule has 2 heterocycles. The zero-order chi connectivity index (χ0) is 22.2. The van der Waals surface area contributed by atoms with Crippen LogP contribution >= 0.6 is 0 Å². The standard InChI is InChI=1S/C23H36N6O2/c1-5-18(3)31-20-15-17(2)10-11-19(20)16-26-22(24-4)25-12-8-14-29-23(30)28-13-7-6-9-21(28)27-29/h10-11,15,18H,5-9,12-14,16H2,1-4H3,(H2,24,25,26). The summed E-state index contributed by atoms with van der Waals surface area (Å²) in [5, 5.41) is 11.2. The number of aryl methyl sites for hydroxylation is 3. The molecule has 8 nitrogen and oxygen atoms in total. The average molecular weight is 429 g/mol. The van der Waals surface area contributed by atoms with Gasteiger partial charge in [-0.1, -0.05) is 19.1 Å². The number of fused-ring (bicyclic) bond motifs is 1. The van der Waals surface area contributed by atoms with Crippen LogP contribution in [0.4, 0.5) is 0 Å². The summed E-state index contributed by atoms with van der Waals surface area (Å²) in [6.45, 7) is 9.01. The molecule has 31 heavy (non-hydrogen) atoms. The molecule has 0 spiro atoms. The van der Waals surface area contributed by atoms with E-state index in [1.807, 2.05) is 4.57 Å². The summed E-state index contributed by atoms with van der Waals surface area (Å²) in [7, 11) is 1.76. The van der Waals surface area contributed by atoms with E-state index in [2.05, 4.69) is 59.7 Å². The summed E-state index contributed by atoms with van der Waals surface area (Å²) in [4.78, 5) is 16.7. The van der Waals surface area contributed by atoms with E-state index in [9.17, 15) is 4.79 Å². The predicted octanol–water partition coefficient (Wildman–Crippen LogP) is 2.62. The fraction of sp³-hybridized carbons (Fsp3) is 0.609. The van der Waals surface area contributed by atoms with Gasteiger partial charge in [-0.3, -0.25) is 9.56 Å². The molecule has 0 bridgehead atoms. The minimum atomic E-state index is 0.0189. The molecular formula is C23H36N6O2. The molecular weight excluding hydrogens is 392 g/mol. The Bertz CT molecular complexity index is 946. The average Bonchev–Trinajstić information content (AvgIpc) is 3.10. The van der Waals surface area contributed by atoms with Gasteiger partial charge in [-0.25, -0.2) is 9.48 Å². The molecule has 0 fully saturated rings. The minimum absolute atomic E-state index is 0.0189. The number of ether oxygens (including phenoxy) is 1. The van der Waals surface area contributed by atoms with Gasteiger partial charge in [0, 0.05) is 45.2 Å². The maximum atomic E-state index is 12.4. The highest BCUT2D eigenvalue weighted by Crippen LogP contribution is 2.22. The van der Waals surface area contributed by atoms with Crippen molar-refractivity contribution in [2.45, 2.75) is 78.6 Å². The van der Waals surface area contributed by atoms with E-state index < -0.39 is 0 Å². The minimum Gasteiger partial charge on any atom is -0.490 e. The van der Waals surface area contributed by atoms with Crippen LogP contribution in [0.15, 0.2) is 28.0 Å². The SMILES string of the molecule is CCC(C)Oc1cc(C)ccc1CNC(=NC)NCCCn1nc2n(c1=O)CCCC2. The normalized spacial score (nSPS) is 14.8. The van der Waals surface area contributed by atoms with Crippen LogP contribution in [0.5, 0.6) is 5.75 Å². The number of aliphatic imine (C=N–C) groups is 1. The molecule has 0 saturated carbocycles. The van der Waals surface area contributed by atoms with Crippen molar-refractivity contribution in [3.8, 4) is 5.75 Å². The number of hydrogen-bond donors (Lipinski definition) is 2. The number of benzene rings is 1. The van der Waals surface area contributed by atoms with Gasteiger partial charge in [0.1, 0.15) is 11.6 Å². The molecule has 0 aliphatic carbocycles. The number of hydrogen-bond acceptors (Lipinski definition) is 4. The molecule has 8 heteroatoms. The van der Waals surface area contributed by atoms with Gasteiger partial charge in [0.15, 0.2) is 5.96 Å². The maximum absolute atomic E-state index is 12.4. The lowest BCUT2D eigenvalue weighted by Crippen LogP contribution is -2.38. The van der Waals surface area contributed by atoms with Gasteiger partial charge in [-0.15, -0.1) is 0 Å². The van der Waals surface area contributed by atoms with Gasteiger partial charge >= 0.3 is 5.69 Å². The molecule has 1 aromatic heterocycles. The summed E-state index contributed by atoms with van der Waals surface area (Å²) in [6.07, 6.45) is 5.02. The summed E-state index contributed by atoms with van der Waals surface area (Å²) in [5.74, 6) is 2.57. The Morgan fingerprint density at radius 1 is 1.32 bits per heavy atom. The van der Waals surface area contributed by atoms with Gasteiger partial charge < -0.3 is 15.4 Å². The third-order valence-electron chi connectivity index (χ3n) is 5.67. The van der Waals surface area contributed by atoms with Gasteiger partial charge in [0.2, 0.25) is 0 Å². The summed E-state index contributed by atoms with van der Waals surface area (Å²) >= 11 is 0. The quantitative estimate of drug-likeness (QED) is 0.364. The van der Waals surface area contributed by atoms with Crippen molar-refractivity contribution in [3.05, 3.63) is 45.6 Å². The van der Waals surface area contributed by atoms with Crippen LogP contribution in [-0.4, -0.2) is 40.0 Å². The van der Waals surface area contributed by atoms with E-state index in [0.717, 1.165) is 61.7 Å². The topological polar surface area (TPSA) is 85.5 Å². The van der Waals surface area contributed by atoms with Gasteiger partial charge in [-0.05, 0) is 51.2 Å². The molecule has 2 aromatic rings. The third-order valence-corrected chi connectivity index (χ3v) is 5.67. The van der Waals surface area contributed by atoms with Crippen LogP contribution in [0, 0.1) is 6.92 Å². The van der Waals surface area contributed by atoms with Crippen molar-refractivity contribution in [2.75, 3.05) is 13.6 Å². The maximum Gasteiger partial charge on any atom is 0.345 e. The second-order valence-corrected chi connectivity index (χ2v) is 8.18. The molecule has 1 aromatic carbocycles. The molecule has 0 saturated heterocycles. The molecule has 1 aliphatic heterocycles. The molecule has 1 atom stereocenters. The van der Waals surface area contributed by atoms with Crippen LogP contribution in [0.3, 0.4) is 0 Å². The zero-order valence-electron chi connectivity index (χ0n) is 19.3. The van der Waals surface area contributed by atoms with E-state index in [4.69, 9.17) is 4.74 Å². The first-order valence-electron chi connectivity index (χ1n) is 11.4. The van der Waals surface area contributed by atoms with Crippen molar-refractivity contribution >= 4 is 5.96 Å². The number of rotatable bonds is 9. The Hall–Kier alpha value is -2.77. The monoisotopic (exact) mass is 428 g/mol. The van der Waals surface area contributed by atoms with Gasteiger partial charge in [-0.2, -0.15) is 5.10 Å². The van der Waals surface area contributed by atoms with Crippen LogP contribution in [0.1, 0.15) is 56.5 Å². The lowest BCUT2D eigenvalue weighted by atomic mass is 10.1. The Morgan fingerprint density at radius 3 is 2.90 bits per heavy atom. The second-order valence-electron chi connectivity index (χ2n) is 8.18. The van der Waals surface area contributed by atoms with Crippen LogP contribution in [0.25, 0.3) is 0 Å². The predicted molar refractivity (Wildman–Crippen MR) is 124 cm³/mol. The number of aromatic nitrogens is 3. The number of nitrogens with zero attached hydrogens (tertiary/aromatic N) is 4. The van der Waals surface area contributed by atoms with Crippen LogP contribution in [0.2, 0.25) is 0 Å². The highest BCUT2D eigenvalue weighted by Gasteiger charge is 2.16.